The van der Waals surface area contributed by atoms with Crippen molar-refractivity contribution in [3.05, 3.63) is 65.9 Å². The highest BCUT2D eigenvalue weighted by molar-refractivity contribution is 7.84. The maximum Gasteiger partial charge on any atom is 0.0705 e. The number of aryl methyl sites for hydroxylation is 1. The molecule has 1 heterocycles. The van der Waals surface area contributed by atoms with Gasteiger partial charge in [-0.05, 0) is 48.9 Å². The molecule has 0 saturated heterocycles. The zero-order valence-electron chi connectivity index (χ0n) is 12.7. The van der Waals surface area contributed by atoms with Crippen LogP contribution in [0, 0.1) is 6.92 Å². The van der Waals surface area contributed by atoms with E-state index < -0.39 is 10.8 Å². The fourth-order valence-corrected chi connectivity index (χ4v) is 2.94. The highest BCUT2D eigenvalue weighted by atomic mass is 32.2. The summed E-state index contributed by atoms with van der Waals surface area (Å²) in [5, 5.41) is 4.52. The summed E-state index contributed by atoms with van der Waals surface area (Å²) in [6.45, 7) is 2.73. The quantitative estimate of drug-likeness (QED) is 0.795. The molecule has 0 aliphatic rings. The molecular formula is C18H18N2OS. The molecule has 1 N–H and O–H groups in total. The van der Waals surface area contributed by atoms with E-state index in [1.807, 2.05) is 37.3 Å². The summed E-state index contributed by atoms with van der Waals surface area (Å²) in [5.74, 6) is 0. The van der Waals surface area contributed by atoms with Crippen LogP contribution in [0.15, 0.2) is 59.5 Å². The van der Waals surface area contributed by atoms with Gasteiger partial charge in [0, 0.05) is 45.3 Å². The summed E-state index contributed by atoms with van der Waals surface area (Å²) in [5.41, 5.74) is 4.23. The molecule has 0 spiro atoms. The lowest BCUT2D eigenvalue weighted by Crippen LogP contribution is -2.00. The highest BCUT2D eigenvalue weighted by Gasteiger charge is 2.01. The number of nitrogens with zero attached hydrogens (tertiary/aromatic N) is 1. The number of rotatable bonds is 4. The van der Waals surface area contributed by atoms with Crippen molar-refractivity contribution >= 4 is 27.4 Å². The van der Waals surface area contributed by atoms with E-state index in [2.05, 4.69) is 34.6 Å². The first-order valence-corrected chi connectivity index (χ1v) is 8.71. The molecule has 0 saturated carbocycles. The largest absolute Gasteiger partial charge is 0.381 e. The third kappa shape index (κ3) is 3.34. The lowest BCUT2D eigenvalue weighted by Gasteiger charge is -2.09. The van der Waals surface area contributed by atoms with Gasteiger partial charge in [-0.15, -0.1) is 0 Å². The van der Waals surface area contributed by atoms with Gasteiger partial charge >= 0.3 is 0 Å². The molecular weight excluding hydrogens is 292 g/mol. The van der Waals surface area contributed by atoms with Crippen molar-refractivity contribution in [3.8, 4) is 0 Å². The normalized spacial score (nSPS) is 12.3. The average Bonchev–Trinajstić information content (AvgIpc) is 2.53. The van der Waals surface area contributed by atoms with E-state index in [4.69, 9.17) is 0 Å². The summed E-state index contributed by atoms with van der Waals surface area (Å²) < 4.78 is 11.5. The maximum atomic E-state index is 11.5. The smallest absolute Gasteiger partial charge is 0.0705 e. The zero-order chi connectivity index (χ0) is 15.5. The Morgan fingerprint density at radius 2 is 1.95 bits per heavy atom. The molecule has 0 aliphatic heterocycles. The highest BCUT2D eigenvalue weighted by Crippen LogP contribution is 2.17. The molecule has 22 heavy (non-hydrogen) atoms. The Hall–Kier alpha value is -2.20. The Balaban J connectivity index is 1.77. The van der Waals surface area contributed by atoms with Gasteiger partial charge in [-0.1, -0.05) is 18.2 Å². The molecule has 4 heteroatoms. The maximum absolute atomic E-state index is 11.5. The Morgan fingerprint density at radius 1 is 1.09 bits per heavy atom. The number of aromatic nitrogens is 1. The molecule has 2 aromatic carbocycles. The second-order valence-electron chi connectivity index (χ2n) is 5.32. The van der Waals surface area contributed by atoms with E-state index in [0.717, 1.165) is 33.7 Å². The Labute approximate surface area is 132 Å². The van der Waals surface area contributed by atoms with Crippen molar-refractivity contribution < 1.29 is 4.21 Å². The second kappa shape index (κ2) is 6.28. The van der Waals surface area contributed by atoms with Gasteiger partial charge in [0.25, 0.3) is 0 Å². The van der Waals surface area contributed by atoms with Crippen molar-refractivity contribution in [1.82, 2.24) is 4.98 Å². The summed E-state index contributed by atoms with van der Waals surface area (Å²) in [4.78, 5) is 5.35. The number of pyridine rings is 1. The number of hydrogen-bond acceptors (Lipinski definition) is 3. The molecule has 112 valence electrons. The minimum atomic E-state index is -0.956. The third-order valence-corrected chi connectivity index (χ3v) is 4.47. The number of fused-ring (bicyclic) bond motifs is 1. The SMILES string of the molecule is Cc1ccc2cc(CNc3cccc(S(C)=O)c3)ccc2n1. The third-order valence-electron chi connectivity index (χ3n) is 3.56. The Bertz CT molecular complexity index is 845. The molecule has 0 amide bonds. The van der Waals surface area contributed by atoms with Crippen LogP contribution in [0.5, 0.6) is 0 Å². The van der Waals surface area contributed by atoms with Crippen molar-refractivity contribution in [2.75, 3.05) is 11.6 Å². The number of benzene rings is 2. The molecule has 0 aliphatic carbocycles. The van der Waals surface area contributed by atoms with Crippen molar-refractivity contribution in [1.29, 1.82) is 0 Å². The van der Waals surface area contributed by atoms with Crippen LogP contribution in [0.1, 0.15) is 11.3 Å². The summed E-state index contributed by atoms with van der Waals surface area (Å²) >= 11 is 0. The van der Waals surface area contributed by atoms with Gasteiger partial charge in [-0.3, -0.25) is 9.19 Å². The first-order valence-electron chi connectivity index (χ1n) is 7.15. The fourth-order valence-electron chi connectivity index (χ4n) is 2.38. The standard InChI is InChI=1S/C18H18N2OS/c1-13-6-8-15-10-14(7-9-18(15)20-13)12-19-16-4-3-5-17(11-16)22(2)21/h3-11,19H,12H2,1-2H3. The minimum Gasteiger partial charge on any atom is -0.381 e. The van der Waals surface area contributed by atoms with Crippen LogP contribution in [0.3, 0.4) is 0 Å². The van der Waals surface area contributed by atoms with Gasteiger partial charge in [0.2, 0.25) is 0 Å². The van der Waals surface area contributed by atoms with Gasteiger partial charge in [-0.25, -0.2) is 0 Å². The van der Waals surface area contributed by atoms with Crippen LogP contribution in [0.2, 0.25) is 0 Å². The number of anilines is 1. The average molecular weight is 310 g/mol. The van der Waals surface area contributed by atoms with Gasteiger partial charge < -0.3 is 5.32 Å². The predicted molar refractivity (Wildman–Crippen MR) is 92.6 cm³/mol. The monoisotopic (exact) mass is 310 g/mol. The van der Waals surface area contributed by atoms with Gasteiger partial charge in [0.1, 0.15) is 0 Å². The van der Waals surface area contributed by atoms with Crippen molar-refractivity contribution in [3.63, 3.8) is 0 Å². The molecule has 1 aromatic heterocycles. The first kappa shape index (κ1) is 14.7. The second-order valence-corrected chi connectivity index (χ2v) is 6.69. The van der Waals surface area contributed by atoms with Crippen molar-refractivity contribution in [2.45, 2.75) is 18.4 Å². The Kier molecular flexibility index (Phi) is 4.20. The van der Waals surface area contributed by atoms with E-state index in [-0.39, 0.29) is 0 Å². The van der Waals surface area contributed by atoms with Crippen LogP contribution in [0.25, 0.3) is 10.9 Å². The van der Waals surface area contributed by atoms with E-state index >= 15 is 0 Å². The topological polar surface area (TPSA) is 42.0 Å². The molecule has 3 nitrogen and oxygen atoms in total. The molecule has 0 radical (unpaired) electrons. The van der Waals surface area contributed by atoms with E-state index in [1.54, 1.807) is 6.26 Å². The van der Waals surface area contributed by atoms with Gasteiger partial charge in [0.15, 0.2) is 0 Å². The summed E-state index contributed by atoms with van der Waals surface area (Å²) in [6.07, 6.45) is 1.69. The molecule has 1 atom stereocenters. The molecule has 1 unspecified atom stereocenters. The molecule has 0 bridgehead atoms. The van der Waals surface area contributed by atoms with Crippen LogP contribution in [-0.4, -0.2) is 15.4 Å². The number of hydrogen-bond donors (Lipinski definition) is 1. The Morgan fingerprint density at radius 3 is 2.77 bits per heavy atom. The zero-order valence-corrected chi connectivity index (χ0v) is 13.5. The minimum absolute atomic E-state index is 0.726. The van der Waals surface area contributed by atoms with E-state index in [1.165, 1.54) is 5.56 Å². The van der Waals surface area contributed by atoms with Crippen LogP contribution in [0.4, 0.5) is 5.69 Å². The van der Waals surface area contributed by atoms with Gasteiger partial charge in [-0.2, -0.15) is 0 Å². The number of nitrogens with one attached hydrogen (secondary N) is 1. The lowest BCUT2D eigenvalue weighted by molar-refractivity contribution is 0.687. The van der Waals surface area contributed by atoms with Crippen LogP contribution >= 0.6 is 0 Å². The van der Waals surface area contributed by atoms with E-state index in [0.29, 0.717) is 0 Å². The molecule has 3 aromatic rings. The van der Waals surface area contributed by atoms with Gasteiger partial charge in [0.05, 0.1) is 5.52 Å². The first-order chi connectivity index (χ1) is 10.6. The van der Waals surface area contributed by atoms with Crippen molar-refractivity contribution in [2.24, 2.45) is 0 Å². The summed E-state index contributed by atoms with van der Waals surface area (Å²) in [6, 6.07) is 18.1. The molecule has 3 rings (SSSR count). The lowest BCUT2D eigenvalue weighted by atomic mass is 10.1. The molecule has 0 fully saturated rings. The van der Waals surface area contributed by atoms with E-state index in [9.17, 15) is 4.21 Å². The van der Waals surface area contributed by atoms with Crippen LogP contribution < -0.4 is 5.32 Å². The summed E-state index contributed by atoms with van der Waals surface area (Å²) in [7, 11) is -0.956. The fraction of sp³-hybridized carbons (Fsp3) is 0.167. The van der Waals surface area contributed by atoms with Crippen LogP contribution in [-0.2, 0) is 17.3 Å². The predicted octanol–water partition coefficient (Wildman–Crippen LogP) is 3.89.